The van der Waals surface area contributed by atoms with Gasteiger partial charge in [0, 0.05) is 27.5 Å². The van der Waals surface area contributed by atoms with Crippen molar-refractivity contribution in [3.8, 4) is 67.5 Å². The number of fused-ring (bicyclic) bond motifs is 12. The van der Waals surface area contributed by atoms with Gasteiger partial charge in [0.1, 0.15) is 0 Å². The molecule has 0 saturated carbocycles. The van der Waals surface area contributed by atoms with E-state index in [0.29, 0.717) is 17.5 Å². The van der Waals surface area contributed by atoms with Crippen LogP contribution in [0.3, 0.4) is 0 Å². The molecule has 12 rings (SSSR count). The number of rotatable bonds is 4. The molecule has 290 valence electrons. The molecule has 0 N–H and O–H groups in total. The van der Waals surface area contributed by atoms with Gasteiger partial charge in [-0.05, 0) is 84.0 Å². The fraction of sp³-hybridized carbons (Fsp3) is 0.121. The van der Waals surface area contributed by atoms with E-state index in [4.69, 9.17) is 15.0 Å². The fourth-order valence-electron chi connectivity index (χ4n) is 11.2. The molecule has 0 amide bonds. The van der Waals surface area contributed by atoms with Crippen molar-refractivity contribution < 1.29 is 0 Å². The van der Waals surface area contributed by atoms with Gasteiger partial charge >= 0.3 is 0 Å². The summed E-state index contributed by atoms with van der Waals surface area (Å²) in [4.78, 5) is 15.9. The average Bonchev–Trinajstić information content (AvgIpc) is 3.74. The molecule has 1 heterocycles. The first-order chi connectivity index (χ1) is 29.8. The molecule has 9 aromatic rings. The minimum absolute atomic E-state index is 0.150. The summed E-state index contributed by atoms with van der Waals surface area (Å²) in [5.74, 6) is 1.96. The van der Waals surface area contributed by atoms with Crippen LogP contribution in [-0.4, -0.2) is 15.0 Å². The third-order valence-electron chi connectivity index (χ3n) is 14.0. The van der Waals surface area contributed by atoms with Crippen molar-refractivity contribution >= 4 is 0 Å². The maximum Gasteiger partial charge on any atom is 0.164 e. The monoisotopic (exact) mass is 781 g/mol. The number of benzene rings is 8. The maximum atomic E-state index is 5.38. The summed E-state index contributed by atoms with van der Waals surface area (Å²) >= 11 is 0. The van der Waals surface area contributed by atoms with Gasteiger partial charge in [0.15, 0.2) is 17.5 Å². The van der Waals surface area contributed by atoms with Crippen molar-refractivity contribution in [2.45, 2.75) is 43.9 Å². The molecule has 0 aliphatic heterocycles. The van der Waals surface area contributed by atoms with Gasteiger partial charge in [0.25, 0.3) is 0 Å². The van der Waals surface area contributed by atoms with Gasteiger partial charge in [0.05, 0.1) is 5.41 Å². The molecule has 0 fully saturated rings. The SMILES string of the molecule is CC1(C)c2ccccc2-c2ccc(-c3nc(-c4ccccc4)nc(-c4ccccc4-c4cccc5c4-c4ccccc4C54c5ccccc5C(C)(C)c5ccccc54)n3)cc21. The van der Waals surface area contributed by atoms with E-state index in [1.54, 1.807) is 0 Å². The summed E-state index contributed by atoms with van der Waals surface area (Å²) in [5, 5.41) is 0. The summed E-state index contributed by atoms with van der Waals surface area (Å²) in [6, 6.07) is 68.7. The first-order valence-corrected chi connectivity index (χ1v) is 21.4. The van der Waals surface area contributed by atoms with Crippen molar-refractivity contribution in [2.75, 3.05) is 0 Å². The highest BCUT2D eigenvalue weighted by Crippen LogP contribution is 2.63. The number of nitrogens with zero attached hydrogens (tertiary/aromatic N) is 3. The second-order valence-corrected chi connectivity index (χ2v) is 17.9. The molecule has 1 aromatic heterocycles. The van der Waals surface area contributed by atoms with E-state index in [1.165, 1.54) is 66.8 Å². The van der Waals surface area contributed by atoms with Crippen molar-refractivity contribution in [3.63, 3.8) is 0 Å². The van der Waals surface area contributed by atoms with E-state index >= 15 is 0 Å². The molecule has 0 atom stereocenters. The lowest BCUT2D eigenvalue weighted by atomic mass is 9.55. The Bertz CT molecular complexity index is 3210. The Morgan fingerprint density at radius 1 is 0.279 bits per heavy atom. The summed E-state index contributed by atoms with van der Waals surface area (Å²) in [6.45, 7) is 9.39. The molecule has 3 nitrogen and oxygen atoms in total. The van der Waals surface area contributed by atoms with Gasteiger partial charge in [0.2, 0.25) is 0 Å². The Labute approximate surface area is 357 Å². The standard InChI is InChI=1S/C58H43N3/c1-56(2)44-26-12-10-22-39(44)40-34-33-37(35-51(40)56)54-59-53(36-19-6-5-7-20-36)60-55(61-54)42-23-9-8-21-38(42)41-25-18-32-50-52(41)43-24-11-13-27-45(43)58(50)48-30-16-14-28-46(48)57(3,4)47-29-15-17-31-49(47)58/h5-35H,1-4H3. The third-order valence-corrected chi connectivity index (χ3v) is 14.0. The first-order valence-electron chi connectivity index (χ1n) is 21.4. The Morgan fingerprint density at radius 3 is 1.43 bits per heavy atom. The smallest absolute Gasteiger partial charge is 0.164 e. The maximum absolute atomic E-state index is 5.38. The largest absolute Gasteiger partial charge is 0.208 e. The van der Waals surface area contributed by atoms with Crippen molar-refractivity contribution in [3.05, 3.63) is 233 Å². The average molecular weight is 782 g/mol. The van der Waals surface area contributed by atoms with Gasteiger partial charge in [-0.15, -0.1) is 0 Å². The van der Waals surface area contributed by atoms with Gasteiger partial charge in [-0.2, -0.15) is 0 Å². The van der Waals surface area contributed by atoms with Gasteiger partial charge in [-0.3, -0.25) is 0 Å². The Kier molecular flexibility index (Phi) is 7.54. The zero-order chi connectivity index (χ0) is 41.1. The first kappa shape index (κ1) is 35.7. The van der Waals surface area contributed by atoms with E-state index in [1.807, 2.05) is 18.2 Å². The predicted molar refractivity (Wildman–Crippen MR) is 249 cm³/mol. The number of hydrogen-bond donors (Lipinski definition) is 0. The van der Waals surface area contributed by atoms with E-state index in [9.17, 15) is 0 Å². The highest BCUT2D eigenvalue weighted by molar-refractivity contribution is 5.99. The number of aromatic nitrogens is 3. The van der Waals surface area contributed by atoms with Crippen LogP contribution < -0.4 is 0 Å². The molecule has 61 heavy (non-hydrogen) atoms. The Morgan fingerprint density at radius 2 is 0.738 bits per heavy atom. The number of hydrogen-bond acceptors (Lipinski definition) is 3. The van der Waals surface area contributed by atoms with Crippen molar-refractivity contribution in [1.82, 2.24) is 15.0 Å². The quantitative estimate of drug-likeness (QED) is 0.178. The lowest BCUT2D eigenvalue weighted by Crippen LogP contribution is -2.40. The molecule has 0 bridgehead atoms. The summed E-state index contributed by atoms with van der Waals surface area (Å²) < 4.78 is 0. The highest BCUT2D eigenvalue weighted by atomic mass is 15.0. The Balaban J connectivity index is 1.09. The van der Waals surface area contributed by atoms with Crippen molar-refractivity contribution in [1.29, 1.82) is 0 Å². The lowest BCUT2D eigenvalue weighted by Gasteiger charge is -2.46. The van der Waals surface area contributed by atoms with E-state index in [0.717, 1.165) is 27.8 Å². The van der Waals surface area contributed by atoms with Crippen LogP contribution in [0.4, 0.5) is 0 Å². The molecular formula is C58H43N3. The predicted octanol–water partition coefficient (Wildman–Crippen LogP) is 13.8. The van der Waals surface area contributed by atoms with E-state index in [2.05, 4.69) is 198 Å². The lowest BCUT2D eigenvalue weighted by molar-refractivity contribution is 0.563. The van der Waals surface area contributed by atoms with Crippen LogP contribution in [0.15, 0.2) is 188 Å². The van der Waals surface area contributed by atoms with Crippen LogP contribution in [0, 0.1) is 0 Å². The molecule has 1 spiro atoms. The second kappa shape index (κ2) is 12.9. The third kappa shape index (κ3) is 4.89. The van der Waals surface area contributed by atoms with E-state index in [-0.39, 0.29) is 10.8 Å². The van der Waals surface area contributed by atoms with E-state index < -0.39 is 5.41 Å². The topological polar surface area (TPSA) is 38.7 Å². The summed E-state index contributed by atoms with van der Waals surface area (Å²) in [5.41, 5.74) is 20.1. The second-order valence-electron chi connectivity index (χ2n) is 17.9. The molecule has 8 aromatic carbocycles. The molecule has 3 aliphatic rings. The van der Waals surface area contributed by atoms with Crippen LogP contribution in [0.5, 0.6) is 0 Å². The molecule has 3 aliphatic carbocycles. The fourth-order valence-corrected chi connectivity index (χ4v) is 11.2. The normalized spacial score (nSPS) is 15.3. The molecule has 0 saturated heterocycles. The summed E-state index contributed by atoms with van der Waals surface area (Å²) in [7, 11) is 0. The molecule has 3 heteroatoms. The summed E-state index contributed by atoms with van der Waals surface area (Å²) in [6.07, 6.45) is 0. The highest BCUT2D eigenvalue weighted by Gasteiger charge is 2.53. The zero-order valence-corrected chi connectivity index (χ0v) is 34.7. The minimum atomic E-state index is -0.485. The molecule has 0 radical (unpaired) electrons. The van der Waals surface area contributed by atoms with Crippen LogP contribution in [-0.2, 0) is 16.2 Å². The molecular weight excluding hydrogens is 739 g/mol. The van der Waals surface area contributed by atoms with Crippen LogP contribution in [0.25, 0.3) is 67.5 Å². The van der Waals surface area contributed by atoms with Gasteiger partial charge < -0.3 is 0 Å². The Hall–Kier alpha value is -7.23. The van der Waals surface area contributed by atoms with Gasteiger partial charge in [-0.1, -0.05) is 210 Å². The van der Waals surface area contributed by atoms with Crippen LogP contribution >= 0.6 is 0 Å². The molecule has 0 unspecified atom stereocenters. The van der Waals surface area contributed by atoms with Crippen molar-refractivity contribution in [2.24, 2.45) is 0 Å². The zero-order valence-electron chi connectivity index (χ0n) is 34.7. The van der Waals surface area contributed by atoms with Gasteiger partial charge in [-0.25, -0.2) is 15.0 Å². The van der Waals surface area contributed by atoms with Crippen LogP contribution in [0.2, 0.25) is 0 Å². The minimum Gasteiger partial charge on any atom is -0.208 e. The van der Waals surface area contributed by atoms with Crippen LogP contribution in [0.1, 0.15) is 72.2 Å².